The van der Waals surface area contributed by atoms with Crippen molar-refractivity contribution in [2.45, 2.75) is 24.7 Å². The fourth-order valence-electron chi connectivity index (χ4n) is 9.81. The summed E-state index contributed by atoms with van der Waals surface area (Å²) in [7, 11) is 0. The molecule has 0 bridgehead atoms. The minimum Gasteiger partial charge on any atom is -0.310 e. The molecule has 0 N–H and O–H groups in total. The Morgan fingerprint density at radius 1 is 0.389 bits per heavy atom. The molecule has 8 aromatic carbocycles. The predicted molar refractivity (Wildman–Crippen MR) is 229 cm³/mol. The molecular weight excluding hydrogens is 671 g/mol. The number of nitrogens with zero attached hydrogens (tertiary/aromatic N) is 1. The molecule has 2 aliphatic rings. The van der Waals surface area contributed by atoms with E-state index in [0.717, 1.165) is 17.1 Å². The second-order valence-corrected chi connectivity index (χ2v) is 16.3. The van der Waals surface area contributed by atoms with Crippen molar-refractivity contribution in [1.82, 2.24) is 0 Å². The molecule has 0 amide bonds. The number of hydrogen-bond acceptors (Lipinski definition) is 2. The Balaban J connectivity index is 1.11. The van der Waals surface area contributed by atoms with E-state index >= 15 is 0 Å². The highest BCUT2D eigenvalue weighted by Gasteiger charge is 2.53. The zero-order chi connectivity index (χ0) is 36.0. The van der Waals surface area contributed by atoms with Crippen LogP contribution in [0.3, 0.4) is 0 Å². The molecule has 1 spiro atoms. The van der Waals surface area contributed by atoms with Gasteiger partial charge in [-0.15, -0.1) is 11.3 Å². The molecule has 1 heterocycles. The molecule has 0 saturated carbocycles. The predicted octanol–water partition coefficient (Wildman–Crippen LogP) is 14.2. The standard InChI is InChI=1S/C52H37NS/c1-51(2)44-23-11-12-24-45(44)52(42-21-9-6-17-39(42)40-18-7-10-22-43(40)52)46-32-31-37(33-47(46)51)53(35-15-4-3-5-16-35)36-29-27-34(28-30-36)38-20-14-26-49-50(38)41-19-8-13-25-48(41)54-49/h3-33H,1-2H3. The molecule has 0 saturated heterocycles. The van der Waals surface area contributed by atoms with Gasteiger partial charge in [0.15, 0.2) is 0 Å². The summed E-state index contributed by atoms with van der Waals surface area (Å²) in [6, 6.07) is 70.1. The van der Waals surface area contributed by atoms with Gasteiger partial charge >= 0.3 is 0 Å². The third-order valence-electron chi connectivity index (χ3n) is 12.1. The maximum Gasteiger partial charge on any atom is 0.0719 e. The van der Waals surface area contributed by atoms with Crippen molar-refractivity contribution in [2.75, 3.05) is 4.90 Å². The van der Waals surface area contributed by atoms with E-state index in [9.17, 15) is 0 Å². The minimum atomic E-state index is -0.404. The van der Waals surface area contributed by atoms with Crippen molar-refractivity contribution < 1.29 is 0 Å². The molecule has 2 heteroatoms. The van der Waals surface area contributed by atoms with Crippen molar-refractivity contribution in [3.05, 3.63) is 221 Å². The van der Waals surface area contributed by atoms with Crippen molar-refractivity contribution >= 4 is 48.6 Å². The quantitative estimate of drug-likeness (QED) is 0.176. The first kappa shape index (κ1) is 31.3. The van der Waals surface area contributed by atoms with Crippen LogP contribution in [0.4, 0.5) is 17.1 Å². The van der Waals surface area contributed by atoms with Crippen LogP contribution < -0.4 is 4.90 Å². The summed E-state index contributed by atoms with van der Waals surface area (Å²) >= 11 is 1.87. The van der Waals surface area contributed by atoms with Gasteiger partial charge in [0.05, 0.1) is 5.41 Å². The van der Waals surface area contributed by atoms with E-state index in [-0.39, 0.29) is 5.41 Å². The van der Waals surface area contributed by atoms with E-state index in [1.807, 2.05) is 11.3 Å². The smallest absolute Gasteiger partial charge is 0.0719 e. The number of rotatable bonds is 4. The van der Waals surface area contributed by atoms with E-state index < -0.39 is 5.41 Å². The lowest BCUT2D eigenvalue weighted by Gasteiger charge is -2.47. The molecular formula is C52H37NS. The largest absolute Gasteiger partial charge is 0.310 e. The number of fused-ring (bicyclic) bond motifs is 12. The third-order valence-corrected chi connectivity index (χ3v) is 13.3. The lowest BCUT2D eigenvalue weighted by molar-refractivity contribution is 0.563. The lowest BCUT2D eigenvalue weighted by Crippen LogP contribution is -2.40. The van der Waals surface area contributed by atoms with Gasteiger partial charge in [0.1, 0.15) is 0 Å². The molecule has 256 valence electrons. The van der Waals surface area contributed by atoms with Gasteiger partial charge < -0.3 is 4.90 Å². The highest BCUT2D eigenvalue weighted by Crippen LogP contribution is 2.62. The van der Waals surface area contributed by atoms with Crippen LogP contribution in [-0.4, -0.2) is 0 Å². The SMILES string of the molecule is CC1(C)c2ccccc2C2(c3ccccc3-c3ccccc32)c2ccc(N(c3ccccc3)c3ccc(-c4cccc5sc6ccccc6c45)cc3)cc21. The van der Waals surface area contributed by atoms with Crippen molar-refractivity contribution in [3.8, 4) is 22.3 Å². The van der Waals surface area contributed by atoms with E-state index in [2.05, 4.69) is 207 Å². The molecule has 9 aromatic rings. The van der Waals surface area contributed by atoms with Crippen LogP contribution in [0.1, 0.15) is 47.2 Å². The maximum atomic E-state index is 2.48. The van der Waals surface area contributed by atoms with E-state index in [1.165, 1.54) is 75.8 Å². The first-order valence-electron chi connectivity index (χ1n) is 18.9. The van der Waals surface area contributed by atoms with Crippen LogP contribution in [0, 0.1) is 0 Å². The minimum absolute atomic E-state index is 0.228. The second-order valence-electron chi connectivity index (χ2n) is 15.2. The van der Waals surface area contributed by atoms with E-state index in [1.54, 1.807) is 0 Å². The van der Waals surface area contributed by atoms with Gasteiger partial charge in [0.25, 0.3) is 0 Å². The summed E-state index contributed by atoms with van der Waals surface area (Å²) in [5, 5.41) is 2.67. The van der Waals surface area contributed by atoms with E-state index in [0.29, 0.717) is 0 Å². The maximum absolute atomic E-state index is 2.48. The Morgan fingerprint density at radius 3 is 1.67 bits per heavy atom. The highest BCUT2D eigenvalue weighted by atomic mass is 32.1. The molecule has 0 atom stereocenters. The summed E-state index contributed by atoms with van der Waals surface area (Å²) < 4.78 is 2.66. The van der Waals surface area contributed by atoms with Gasteiger partial charge in [-0.3, -0.25) is 0 Å². The van der Waals surface area contributed by atoms with Crippen LogP contribution in [-0.2, 0) is 10.8 Å². The first-order chi connectivity index (χ1) is 26.5. The fourth-order valence-corrected chi connectivity index (χ4v) is 10.9. The second kappa shape index (κ2) is 11.6. The zero-order valence-electron chi connectivity index (χ0n) is 30.3. The van der Waals surface area contributed by atoms with Crippen LogP contribution in [0.15, 0.2) is 188 Å². The van der Waals surface area contributed by atoms with Gasteiger partial charge in [-0.1, -0.05) is 153 Å². The molecule has 0 aliphatic heterocycles. The molecule has 2 aliphatic carbocycles. The number of para-hydroxylation sites is 1. The highest BCUT2D eigenvalue weighted by molar-refractivity contribution is 7.25. The molecule has 1 aromatic heterocycles. The summed E-state index contributed by atoms with van der Waals surface area (Å²) in [6.45, 7) is 4.81. The average molecular weight is 708 g/mol. The van der Waals surface area contributed by atoms with E-state index in [4.69, 9.17) is 0 Å². The summed E-state index contributed by atoms with van der Waals surface area (Å²) in [4.78, 5) is 2.42. The normalized spacial score (nSPS) is 14.4. The van der Waals surface area contributed by atoms with Gasteiger partial charge in [0.2, 0.25) is 0 Å². The molecule has 54 heavy (non-hydrogen) atoms. The van der Waals surface area contributed by atoms with Crippen LogP contribution >= 0.6 is 11.3 Å². The monoisotopic (exact) mass is 707 g/mol. The molecule has 0 unspecified atom stereocenters. The molecule has 11 rings (SSSR count). The number of thiophene rings is 1. The van der Waals surface area contributed by atoms with Gasteiger partial charge in [0, 0.05) is 42.6 Å². The van der Waals surface area contributed by atoms with Gasteiger partial charge in [-0.2, -0.15) is 0 Å². The van der Waals surface area contributed by atoms with Crippen LogP contribution in [0.2, 0.25) is 0 Å². The van der Waals surface area contributed by atoms with Gasteiger partial charge in [-0.05, 0) is 104 Å². The topological polar surface area (TPSA) is 3.24 Å². The first-order valence-corrected chi connectivity index (χ1v) is 19.7. The Kier molecular flexibility index (Phi) is 6.75. The average Bonchev–Trinajstić information content (AvgIpc) is 3.75. The Bertz CT molecular complexity index is 2870. The van der Waals surface area contributed by atoms with Crippen molar-refractivity contribution in [3.63, 3.8) is 0 Å². The number of hydrogen-bond donors (Lipinski definition) is 0. The summed E-state index contributed by atoms with van der Waals surface area (Å²) in [6.07, 6.45) is 0. The fraction of sp³-hybridized carbons (Fsp3) is 0.0769. The Labute approximate surface area is 320 Å². The van der Waals surface area contributed by atoms with Gasteiger partial charge in [-0.25, -0.2) is 0 Å². The van der Waals surface area contributed by atoms with Crippen LogP contribution in [0.25, 0.3) is 42.4 Å². The summed E-state index contributed by atoms with van der Waals surface area (Å²) in [5.74, 6) is 0. The zero-order valence-corrected chi connectivity index (χ0v) is 31.1. The number of benzene rings is 8. The molecule has 0 fully saturated rings. The third kappa shape index (κ3) is 4.26. The number of anilines is 3. The summed E-state index contributed by atoms with van der Waals surface area (Å²) in [5.41, 5.74) is 16.2. The molecule has 1 nitrogen and oxygen atoms in total. The Hall–Kier alpha value is -6.22. The Morgan fingerprint density at radius 2 is 0.926 bits per heavy atom. The van der Waals surface area contributed by atoms with Crippen LogP contribution in [0.5, 0.6) is 0 Å². The lowest BCUT2D eigenvalue weighted by atomic mass is 9.55. The molecule has 0 radical (unpaired) electrons. The van der Waals surface area contributed by atoms with Crippen molar-refractivity contribution in [1.29, 1.82) is 0 Å². The van der Waals surface area contributed by atoms with Crippen molar-refractivity contribution in [2.24, 2.45) is 0 Å².